The van der Waals surface area contributed by atoms with Crippen molar-refractivity contribution >= 4 is 0 Å². The first-order chi connectivity index (χ1) is 14.2. The third-order valence-corrected chi connectivity index (χ3v) is 5.48. The molecule has 0 fully saturated rings. The topological polar surface area (TPSA) is 16.9 Å². The zero-order chi connectivity index (χ0) is 21.0. The van der Waals surface area contributed by atoms with Gasteiger partial charge in [0.05, 0.1) is 20.4 Å². The summed E-state index contributed by atoms with van der Waals surface area (Å²) in [5, 5.41) is 1.91. The van der Waals surface area contributed by atoms with Crippen LogP contribution >= 0.6 is 0 Å². The molecule has 0 radical (unpaired) electrons. The van der Waals surface area contributed by atoms with Gasteiger partial charge in [0, 0.05) is 20.0 Å². The number of nitrogens with zero attached hydrogens (tertiary/aromatic N) is 1. The zero-order valence-electron chi connectivity index (χ0n) is 19.3. The minimum absolute atomic E-state index is 1.03. The van der Waals surface area contributed by atoms with Gasteiger partial charge < -0.3 is 9.74 Å². The number of likely N-dealkylation sites (N-methyl/N-ethyl adjacent to an activating group) is 1. The Morgan fingerprint density at radius 3 is 2.48 bits per heavy atom. The summed E-state index contributed by atoms with van der Waals surface area (Å²) in [4.78, 5) is 6.60. The van der Waals surface area contributed by atoms with Gasteiger partial charge in [-0.1, -0.05) is 62.5 Å². The molecular weight excluding hydrogens is 356 g/mol. The number of hydrogen-bond donors (Lipinski definition) is 1. The van der Waals surface area contributed by atoms with E-state index in [9.17, 15) is 0 Å². The van der Waals surface area contributed by atoms with Crippen molar-refractivity contribution in [3.05, 3.63) is 36.1 Å². The molecule has 1 aliphatic heterocycles. The van der Waals surface area contributed by atoms with Gasteiger partial charge in [-0.2, -0.15) is 5.06 Å². The highest BCUT2D eigenvalue weighted by Gasteiger charge is 2.06. The van der Waals surface area contributed by atoms with Crippen LogP contribution in [0.1, 0.15) is 83.5 Å². The monoisotopic (exact) mass is 401 g/mol. The van der Waals surface area contributed by atoms with E-state index in [1.165, 1.54) is 81.9 Å². The Hall–Kier alpha value is -1.34. The molecule has 1 unspecified atom stereocenters. The van der Waals surface area contributed by atoms with Gasteiger partial charge in [0.25, 0.3) is 0 Å². The van der Waals surface area contributed by atoms with Crippen molar-refractivity contribution in [3.63, 3.8) is 0 Å². The second kappa shape index (κ2) is 18.7. The van der Waals surface area contributed by atoms with Crippen LogP contribution < -0.4 is 4.90 Å². The number of allylic oxidation sites excluding steroid dienone is 4. The van der Waals surface area contributed by atoms with Crippen LogP contribution in [0.3, 0.4) is 0 Å². The van der Waals surface area contributed by atoms with Gasteiger partial charge in [0.1, 0.15) is 6.54 Å². The van der Waals surface area contributed by atoms with Crippen molar-refractivity contribution in [3.8, 4) is 11.8 Å². The molecule has 0 saturated carbocycles. The lowest BCUT2D eigenvalue weighted by molar-refractivity contribution is -0.820. The van der Waals surface area contributed by atoms with Gasteiger partial charge in [-0.05, 0) is 56.3 Å². The predicted octanol–water partition coefficient (Wildman–Crippen LogP) is 5.08. The van der Waals surface area contributed by atoms with E-state index in [4.69, 9.17) is 4.84 Å². The lowest BCUT2D eigenvalue weighted by Gasteiger charge is -2.14. The molecule has 164 valence electrons. The number of quaternary nitrogens is 1. The van der Waals surface area contributed by atoms with Crippen LogP contribution in [-0.2, 0) is 4.84 Å². The van der Waals surface area contributed by atoms with Crippen LogP contribution in [0.15, 0.2) is 36.1 Å². The Labute approximate surface area is 180 Å². The molecule has 0 spiro atoms. The molecule has 3 nitrogen and oxygen atoms in total. The third-order valence-electron chi connectivity index (χ3n) is 5.48. The highest BCUT2D eigenvalue weighted by Crippen LogP contribution is 2.10. The first-order valence-corrected chi connectivity index (χ1v) is 11.8. The predicted molar refractivity (Wildman–Crippen MR) is 126 cm³/mol. The van der Waals surface area contributed by atoms with E-state index in [1.54, 1.807) is 12.7 Å². The summed E-state index contributed by atoms with van der Waals surface area (Å²) >= 11 is 0. The van der Waals surface area contributed by atoms with E-state index < -0.39 is 0 Å². The maximum atomic E-state index is 5.12. The summed E-state index contributed by atoms with van der Waals surface area (Å²) in [5.41, 5.74) is 1.58. The van der Waals surface area contributed by atoms with Crippen molar-refractivity contribution < 1.29 is 9.74 Å². The molecule has 0 amide bonds. The van der Waals surface area contributed by atoms with Crippen molar-refractivity contribution in [1.82, 2.24) is 5.06 Å². The van der Waals surface area contributed by atoms with Gasteiger partial charge in [-0.3, -0.25) is 0 Å². The number of hydroxylamine groups is 2. The van der Waals surface area contributed by atoms with E-state index >= 15 is 0 Å². The van der Waals surface area contributed by atoms with Crippen LogP contribution in [0.25, 0.3) is 0 Å². The Kier molecular flexibility index (Phi) is 16.5. The number of rotatable bonds is 16. The molecule has 3 heteroatoms. The third kappa shape index (κ3) is 16.2. The van der Waals surface area contributed by atoms with Crippen molar-refractivity contribution in [2.45, 2.75) is 83.5 Å². The average Bonchev–Trinajstić information content (AvgIpc) is 2.72. The number of hydrogen-bond acceptors (Lipinski definition) is 2. The normalized spacial score (nSPS) is 16.3. The summed E-state index contributed by atoms with van der Waals surface area (Å²) in [6.45, 7) is 2.21. The SMILES string of the molecule is CON(C)CCCCCCCCCCC=CC#CCCCCC1=CC=C[NH+](C)C1. The molecule has 1 atom stereocenters. The minimum atomic E-state index is 1.03. The van der Waals surface area contributed by atoms with Gasteiger partial charge >= 0.3 is 0 Å². The largest absolute Gasteiger partial charge is 0.308 e. The molecule has 1 rings (SSSR count). The van der Waals surface area contributed by atoms with Gasteiger partial charge in [0.2, 0.25) is 0 Å². The summed E-state index contributed by atoms with van der Waals surface area (Å²) in [7, 11) is 5.94. The summed E-state index contributed by atoms with van der Waals surface area (Å²) in [5.74, 6) is 6.49. The number of unbranched alkanes of at least 4 members (excludes halogenated alkanes) is 10. The Morgan fingerprint density at radius 2 is 1.76 bits per heavy atom. The van der Waals surface area contributed by atoms with Crippen molar-refractivity contribution in [2.75, 3.05) is 34.3 Å². The van der Waals surface area contributed by atoms with Crippen LogP contribution in [0.5, 0.6) is 0 Å². The van der Waals surface area contributed by atoms with Crippen molar-refractivity contribution in [2.24, 2.45) is 0 Å². The molecule has 0 bridgehead atoms. The van der Waals surface area contributed by atoms with Gasteiger partial charge in [-0.25, -0.2) is 0 Å². The first-order valence-electron chi connectivity index (χ1n) is 11.8. The molecule has 0 aromatic rings. The van der Waals surface area contributed by atoms with Crippen LogP contribution in [0, 0.1) is 11.8 Å². The quantitative estimate of drug-likeness (QED) is 0.221. The Morgan fingerprint density at radius 1 is 1.03 bits per heavy atom. The molecular formula is C26H45N2O+. The average molecular weight is 402 g/mol. The Balaban J connectivity index is 1.83. The fraction of sp³-hybridized carbons (Fsp3) is 0.692. The summed E-state index contributed by atoms with van der Waals surface area (Å²) < 4.78 is 0. The summed E-state index contributed by atoms with van der Waals surface area (Å²) in [6, 6.07) is 0. The molecule has 0 aliphatic carbocycles. The fourth-order valence-electron chi connectivity index (χ4n) is 3.58. The van der Waals surface area contributed by atoms with E-state index in [-0.39, 0.29) is 0 Å². The van der Waals surface area contributed by atoms with Crippen LogP contribution in [0.2, 0.25) is 0 Å². The zero-order valence-corrected chi connectivity index (χ0v) is 19.3. The molecule has 0 aromatic heterocycles. The highest BCUT2D eigenvalue weighted by atomic mass is 16.7. The maximum Gasteiger partial charge on any atom is 0.103 e. The molecule has 29 heavy (non-hydrogen) atoms. The van der Waals surface area contributed by atoms with Gasteiger partial charge in [-0.15, -0.1) is 0 Å². The van der Waals surface area contributed by atoms with Crippen LogP contribution in [0.4, 0.5) is 0 Å². The minimum Gasteiger partial charge on any atom is -0.308 e. The molecule has 0 aromatic carbocycles. The van der Waals surface area contributed by atoms with Crippen molar-refractivity contribution in [1.29, 1.82) is 0 Å². The lowest BCUT2D eigenvalue weighted by Crippen LogP contribution is -3.04. The molecule has 1 aliphatic rings. The molecule has 1 N–H and O–H groups in total. The smallest absolute Gasteiger partial charge is 0.103 e. The van der Waals surface area contributed by atoms with E-state index in [0.29, 0.717) is 0 Å². The van der Waals surface area contributed by atoms with Crippen LogP contribution in [-0.4, -0.2) is 39.4 Å². The summed E-state index contributed by atoms with van der Waals surface area (Å²) in [6.07, 6.45) is 27.6. The maximum absolute atomic E-state index is 5.12. The fourth-order valence-corrected chi connectivity index (χ4v) is 3.58. The molecule has 0 saturated heterocycles. The van der Waals surface area contributed by atoms with E-state index in [0.717, 1.165) is 19.5 Å². The molecule has 1 heterocycles. The van der Waals surface area contributed by atoms with Gasteiger partial charge in [0.15, 0.2) is 0 Å². The first kappa shape index (κ1) is 25.7. The standard InChI is InChI=1S/C26H44N2O/c1-27-23-20-22-26(25-27)21-18-16-14-12-10-8-6-4-5-7-9-11-13-15-17-19-24-28(2)29-3/h6,8,20,22-23H,4-5,7,9,11,13-19,21,24-25H2,1-3H3/p+1. The second-order valence-corrected chi connectivity index (χ2v) is 8.29. The Bertz CT molecular complexity index is 539. The second-order valence-electron chi connectivity index (χ2n) is 8.29. The van der Waals surface area contributed by atoms with E-state index in [1.807, 2.05) is 12.1 Å². The highest BCUT2D eigenvalue weighted by molar-refractivity contribution is 5.15. The lowest BCUT2D eigenvalue weighted by atomic mass is 10.1. The van der Waals surface area contributed by atoms with E-state index in [2.05, 4.69) is 49.4 Å². The number of nitrogens with one attached hydrogen (secondary N) is 1.